The van der Waals surface area contributed by atoms with Crippen LogP contribution in [0.1, 0.15) is 32.6 Å². The molecule has 2 unspecified atom stereocenters. The van der Waals surface area contributed by atoms with Crippen molar-refractivity contribution in [3.05, 3.63) is 12.7 Å². The molecule has 3 rings (SSSR count). The second kappa shape index (κ2) is 6.02. The van der Waals surface area contributed by atoms with Gasteiger partial charge in [-0.15, -0.1) is 0 Å². The first-order valence-electron chi connectivity index (χ1n) is 7.31. The lowest BCUT2D eigenvalue weighted by Crippen LogP contribution is -2.22. The van der Waals surface area contributed by atoms with Gasteiger partial charge in [-0.2, -0.15) is 24.7 Å². The van der Waals surface area contributed by atoms with E-state index < -0.39 is 0 Å². The van der Waals surface area contributed by atoms with Gasteiger partial charge in [-0.1, -0.05) is 19.8 Å². The molecule has 2 atom stereocenters. The van der Waals surface area contributed by atoms with Gasteiger partial charge in [-0.3, -0.25) is 0 Å². The molecule has 0 aliphatic heterocycles. The zero-order chi connectivity index (χ0) is 14.7. The fourth-order valence-electron chi connectivity index (χ4n) is 2.85. The first kappa shape index (κ1) is 13.7. The van der Waals surface area contributed by atoms with Crippen LogP contribution in [0.2, 0.25) is 0 Å². The summed E-state index contributed by atoms with van der Waals surface area (Å²) in [5.74, 6) is 2.52. The van der Waals surface area contributed by atoms with Crippen molar-refractivity contribution in [1.29, 1.82) is 0 Å². The zero-order valence-electron chi connectivity index (χ0n) is 12.1. The molecular weight excluding hydrogens is 268 g/mol. The van der Waals surface area contributed by atoms with Crippen LogP contribution >= 0.6 is 0 Å². The molecule has 8 heteroatoms. The number of nitrogens with zero attached hydrogens (tertiary/aromatic N) is 6. The number of anilines is 2. The van der Waals surface area contributed by atoms with Gasteiger partial charge in [0.1, 0.15) is 12.7 Å². The van der Waals surface area contributed by atoms with Crippen LogP contribution in [-0.4, -0.2) is 36.3 Å². The van der Waals surface area contributed by atoms with Gasteiger partial charge < -0.3 is 11.1 Å². The van der Waals surface area contributed by atoms with Gasteiger partial charge in [0.05, 0.1) is 0 Å². The van der Waals surface area contributed by atoms with E-state index in [0.29, 0.717) is 17.8 Å². The molecule has 1 aliphatic carbocycles. The minimum Gasteiger partial charge on any atom is -0.368 e. The number of nitrogen functional groups attached to an aromatic ring is 1. The summed E-state index contributed by atoms with van der Waals surface area (Å²) in [6, 6.07) is 0. The fourth-order valence-corrected chi connectivity index (χ4v) is 2.85. The Balaban J connectivity index is 1.68. The molecule has 2 aromatic rings. The first-order valence-corrected chi connectivity index (χ1v) is 7.31. The molecule has 0 bridgehead atoms. The Morgan fingerprint density at radius 2 is 2.24 bits per heavy atom. The molecule has 0 saturated heterocycles. The van der Waals surface area contributed by atoms with E-state index in [4.69, 9.17) is 5.73 Å². The highest BCUT2D eigenvalue weighted by Crippen LogP contribution is 2.28. The number of aromatic nitrogens is 6. The van der Waals surface area contributed by atoms with Crippen molar-refractivity contribution in [2.75, 3.05) is 17.6 Å². The highest BCUT2D eigenvalue weighted by Gasteiger charge is 2.19. The summed E-state index contributed by atoms with van der Waals surface area (Å²) in [6.45, 7) is 3.18. The topological polar surface area (TPSA) is 107 Å². The number of hydrogen-bond acceptors (Lipinski definition) is 7. The molecule has 1 aliphatic rings. The average molecular weight is 288 g/mol. The van der Waals surface area contributed by atoms with Crippen molar-refractivity contribution in [2.45, 2.75) is 32.6 Å². The number of nitrogens with one attached hydrogen (secondary N) is 1. The van der Waals surface area contributed by atoms with Gasteiger partial charge in [0.25, 0.3) is 5.95 Å². The molecule has 112 valence electrons. The van der Waals surface area contributed by atoms with Crippen LogP contribution in [-0.2, 0) is 0 Å². The van der Waals surface area contributed by atoms with Crippen LogP contribution in [0.5, 0.6) is 0 Å². The molecule has 1 fully saturated rings. The summed E-state index contributed by atoms with van der Waals surface area (Å²) in [6.07, 6.45) is 8.11. The molecule has 0 amide bonds. The minimum absolute atomic E-state index is 0.176. The second-order valence-electron chi connectivity index (χ2n) is 5.68. The van der Waals surface area contributed by atoms with Crippen LogP contribution in [0.15, 0.2) is 12.7 Å². The zero-order valence-corrected chi connectivity index (χ0v) is 12.1. The maximum atomic E-state index is 5.73. The highest BCUT2D eigenvalue weighted by molar-refractivity contribution is 5.34. The predicted molar refractivity (Wildman–Crippen MR) is 78.8 cm³/mol. The Bertz CT molecular complexity index is 582. The van der Waals surface area contributed by atoms with Gasteiger partial charge in [0.2, 0.25) is 11.9 Å². The Morgan fingerprint density at radius 3 is 3.00 bits per heavy atom. The molecule has 2 heterocycles. The van der Waals surface area contributed by atoms with Gasteiger partial charge in [-0.05, 0) is 24.7 Å². The normalized spacial score (nSPS) is 22.1. The van der Waals surface area contributed by atoms with E-state index in [2.05, 4.69) is 37.3 Å². The summed E-state index contributed by atoms with van der Waals surface area (Å²) in [7, 11) is 0. The van der Waals surface area contributed by atoms with Crippen molar-refractivity contribution in [1.82, 2.24) is 29.7 Å². The lowest BCUT2D eigenvalue weighted by Gasteiger charge is -2.26. The number of nitrogens with two attached hydrogens (primary N) is 1. The molecule has 2 aromatic heterocycles. The maximum Gasteiger partial charge on any atom is 0.258 e. The first-order chi connectivity index (χ1) is 10.2. The maximum absolute atomic E-state index is 5.73. The van der Waals surface area contributed by atoms with E-state index in [9.17, 15) is 0 Å². The van der Waals surface area contributed by atoms with Crippen LogP contribution in [0.25, 0.3) is 5.95 Å². The summed E-state index contributed by atoms with van der Waals surface area (Å²) in [5, 5.41) is 7.27. The molecule has 1 saturated carbocycles. The monoisotopic (exact) mass is 288 g/mol. The van der Waals surface area contributed by atoms with Crippen molar-refractivity contribution in [3.63, 3.8) is 0 Å². The molecule has 0 radical (unpaired) electrons. The Kier molecular flexibility index (Phi) is 3.94. The van der Waals surface area contributed by atoms with Crippen molar-refractivity contribution < 1.29 is 0 Å². The molecule has 0 aromatic carbocycles. The third-order valence-corrected chi connectivity index (χ3v) is 3.86. The average Bonchev–Trinajstić information content (AvgIpc) is 2.99. The van der Waals surface area contributed by atoms with E-state index in [1.54, 1.807) is 0 Å². The largest absolute Gasteiger partial charge is 0.368 e. The van der Waals surface area contributed by atoms with Gasteiger partial charge in [0.15, 0.2) is 0 Å². The SMILES string of the molecule is CC1CCCC(CNc2nc(N)nc(-n3cncn3)n2)C1. The third-order valence-electron chi connectivity index (χ3n) is 3.86. The van der Waals surface area contributed by atoms with Gasteiger partial charge in [-0.25, -0.2) is 4.98 Å². The van der Waals surface area contributed by atoms with Crippen molar-refractivity contribution >= 4 is 11.9 Å². The molecule has 21 heavy (non-hydrogen) atoms. The lowest BCUT2D eigenvalue weighted by molar-refractivity contribution is 0.293. The van der Waals surface area contributed by atoms with Crippen molar-refractivity contribution in [2.24, 2.45) is 11.8 Å². The van der Waals surface area contributed by atoms with Gasteiger partial charge >= 0.3 is 0 Å². The molecule has 0 spiro atoms. The van der Waals surface area contributed by atoms with Crippen molar-refractivity contribution in [3.8, 4) is 5.95 Å². The van der Waals surface area contributed by atoms with E-state index in [0.717, 1.165) is 12.5 Å². The summed E-state index contributed by atoms with van der Waals surface area (Å²) in [5.41, 5.74) is 5.73. The Labute approximate surface area is 123 Å². The Hall–Kier alpha value is -2.25. The third kappa shape index (κ3) is 3.45. The minimum atomic E-state index is 0.176. The van der Waals surface area contributed by atoms with Crippen LogP contribution < -0.4 is 11.1 Å². The Morgan fingerprint density at radius 1 is 1.33 bits per heavy atom. The van der Waals surface area contributed by atoms with Crippen LogP contribution in [0.3, 0.4) is 0 Å². The number of hydrogen-bond donors (Lipinski definition) is 2. The second-order valence-corrected chi connectivity index (χ2v) is 5.68. The van der Waals surface area contributed by atoms with Crippen LogP contribution in [0, 0.1) is 11.8 Å². The molecule has 8 nitrogen and oxygen atoms in total. The molecular formula is C13H20N8. The highest BCUT2D eigenvalue weighted by atomic mass is 15.4. The summed E-state index contributed by atoms with van der Waals surface area (Å²) >= 11 is 0. The van der Waals surface area contributed by atoms with E-state index in [1.807, 2.05) is 0 Å². The number of rotatable bonds is 4. The lowest BCUT2D eigenvalue weighted by atomic mass is 9.82. The quantitative estimate of drug-likeness (QED) is 0.872. The van der Waals surface area contributed by atoms with E-state index >= 15 is 0 Å². The molecule has 3 N–H and O–H groups in total. The smallest absolute Gasteiger partial charge is 0.258 e. The van der Waals surface area contributed by atoms with Crippen LogP contribution in [0.4, 0.5) is 11.9 Å². The predicted octanol–water partition coefficient (Wildman–Crippen LogP) is 1.27. The van der Waals surface area contributed by atoms with Gasteiger partial charge in [0, 0.05) is 6.54 Å². The fraction of sp³-hybridized carbons (Fsp3) is 0.615. The van der Waals surface area contributed by atoms with E-state index in [-0.39, 0.29) is 5.95 Å². The summed E-state index contributed by atoms with van der Waals surface area (Å²) in [4.78, 5) is 16.4. The summed E-state index contributed by atoms with van der Waals surface area (Å²) < 4.78 is 1.46. The van der Waals surface area contributed by atoms with E-state index in [1.165, 1.54) is 43.0 Å². The standard InChI is InChI=1S/C13H20N8/c1-9-3-2-4-10(5-9)6-16-12-18-11(14)19-13(20-12)21-8-15-7-17-21/h7-10H,2-6H2,1H3,(H3,14,16,18,19,20).